The largest absolute Gasteiger partial charge is 0.342 e. The minimum absolute atomic E-state index is 0.0124. The van der Waals surface area contributed by atoms with Crippen LogP contribution in [0.2, 0.25) is 0 Å². The van der Waals surface area contributed by atoms with Gasteiger partial charge in [-0.05, 0) is 30.7 Å². The molecule has 0 saturated carbocycles. The number of carbonyl (C=O) groups excluding carboxylic acids is 3. The van der Waals surface area contributed by atoms with E-state index in [1.165, 1.54) is 0 Å². The molecule has 2 aliphatic rings. The first-order chi connectivity index (χ1) is 11.5. The van der Waals surface area contributed by atoms with E-state index in [1.54, 1.807) is 14.7 Å². The minimum Gasteiger partial charge on any atom is -0.342 e. The summed E-state index contributed by atoms with van der Waals surface area (Å²) in [7, 11) is 0. The average molecular weight is 394 g/mol. The van der Waals surface area contributed by atoms with Crippen molar-refractivity contribution in [3.63, 3.8) is 0 Å². The Labute approximate surface area is 149 Å². The summed E-state index contributed by atoms with van der Waals surface area (Å²) in [4.78, 5) is 40.9. The van der Waals surface area contributed by atoms with Gasteiger partial charge >= 0.3 is 0 Å². The number of carbonyl (C=O) groups is 3. The molecule has 1 unspecified atom stereocenters. The molecule has 1 atom stereocenters. The Bertz CT molecular complexity index is 671. The number of anilines is 1. The van der Waals surface area contributed by atoms with Crippen molar-refractivity contribution in [1.82, 2.24) is 9.80 Å². The third-order valence-electron chi connectivity index (χ3n) is 4.70. The summed E-state index contributed by atoms with van der Waals surface area (Å²) in [5, 5.41) is 0. The van der Waals surface area contributed by atoms with Crippen LogP contribution in [0.5, 0.6) is 0 Å². The summed E-state index contributed by atoms with van der Waals surface area (Å²) in [6, 6.07) is 5.77. The highest BCUT2D eigenvalue weighted by Gasteiger charge is 2.37. The molecule has 0 spiro atoms. The van der Waals surface area contributed by atoms with Crippen LogP contribution in [0.3, 0.4) is 0 Å². The zero-order chi connectivity index (χ0) is 17.3. The molecule has 2 aliphatic heterocycles. The number of amides is 3. The molecule has 2 fully saturated rings. The first-order valence-electron chi connectivity index (χ1n) is 8.04. The Morgan fingerprint density at radius 2 is 1.96 bits per heavy atom. The van der Waals surface area contributed by atoms with Crippen molar-refractivity contribution < 1.29 is 14.4 Å². The molecular formula is C17H20BrN3O3. The van der Waals surface area contributed by atoms with E-state index in [-0.39, 0.29) is 24.2 Å². The van der Waals surface area contributed by atoms with Gasteiger partial charge in [-0.3, -0.25) is 14.4 Å². The highest BCUT2D eigenvalue weighted by Crippen LogP contribution is 2.29. The van der Waals surface area contributed by atoms with Crippen LogP contribution in [0, 0.1) is 12.8 Å². The van der Waals surface area contributed by atoms with Crippen LogP contribution < -0.4 is 4.90 Å². The molecule has 0 N–H and O–H groups in total. The zero-order valence-electron chi connectivity index (χ0n) is 13.6. The van der Waals surface area contributed by atoms with E-state index in [0.717, 1.165) is 22.1 Å². The maximum absolute atomic E-state index is 12.7. The van der Waals surface area contributed by atoms with E-state index in [4.69, 9.17) is 0 Å². The predicted octanol–water partition coefficient (Wildman–Crippen LogP) is 1.41. The van der Waals surface area contributed by atoms with Gasteiger partial charge in [-0.1, -0.05) is 15.9 Å². The topological polar surface area (TPSA) is 60.9 Å². The monoisotopic (exact) mass is 393 g/mol. The molecule has 3 rings (SSSR count). The molecule has 0 aliphatic carbocycles. The van der Waals surface area contributed by atoms with E-state index in [0.29, 0.717) is 32.7 Å². The zero-order valence-corrected chi connectivity index (χ0v) is 15.2. The molecule has 7 heteroatoms. The first-order valence-corrected chi connectivity index (χ1v) is 8.83. The summed E-state index contributed by atoms with van der Waals surface area (Å²) in [6.45, 7) is 4.60. The Morgan fingerprint density at radius 3 is 2.58 bits per heavy atom. The second-order valence-electron chi connectivity index (χ2n) is 6.31. The molecule has 0 aromatic heterocycles. The number of halogens is 1. The molecule has 3 amide bonds. The van der Waals surface area contributed by atoms with Crippen LogP contribution >= 0.6 is 15.9 Å². The second kappa shape index (κ2) is 6.93. The van der Waals surface area contributed by atoms with Crippen LogP contribution in [-0.4, -0.2) is 60.7 Å². The van der Waals surface area contributed by atoms with E-state index in [2.05, 4.69) is 15.9 Å². The lowest BCUT2D eigenvalue weighted by Crippen LogP contribution is -2.50. The van der Waals surface area contributed by atoms with Crippen molar-refractivity contribution in [2.75, 3.05) is 37.6 Å². The maximum atomic E-state index is 12.7. The van der Waals surface area contributed by atoms with Gasteiger partial charge in [-0.25, -0.2) is 0 Å². The van der Waals surface area contributed by atoms with Gasteiger partial charge in [-0.2, -0.15) is 0 Å². The van der Waals surface area contributed by atoms with Gasteiger partial charge in [0, 0.05) is 49.3 Å². The Morgan fingerprint density at radius 1 is 1.25 bits per heavy atom. The molecular weight excluding hydrogens is 374 g/mol. The molecule has 1 aromatic rings. The van der Waals surface area contributed by atoms with Gasteiger partial charge in [0.25, 0.3) is 0 Å². The van der Waals surface area contributed by atoms with Crippen LogP contribution in [-0.2, 0) is 14.4 Å². The first kappa shape index (κ1) is 17.0. The lowest BCUT2D eigenvalue weighted by Gasteiger charge is -2.33. The summed E-state index contributed by atoms with van der Waals surface area (Å²) >= 11 is 3.46. The number of hydrogen-bond acceptors (Lipinski definition) is 3. The van der Waals surface area contributed by atoms with Gasteiger partial charge in [0.15, 0.2) is 0 Å². The molecule has 128 valence electrons. The van der Waals surface area contributed by atoms with Gasteiger partial charge in [0.2, 0.25) is 18.2 Å². The van der Waals surface area contributed by atoms with Crippen molar-refractivity contribution in [3.05, 3.63) is 28.2 Å². The summed E-state index contributed by atoms with van der Waals surface area (Å²) in [5.41, 5.74) is 1.89. The Hall–Kier alpha value is -1.89. The molecule has 0 bridgehead atoms. The SMILES string of the molecule is Cc1cc(N2CC(C(=O)N3CCN(C=O)CC3)CC2=O)ccc1Br. The van der Waals surface area contributed by atoms with E-state index < -0.39 is 0 Å². The average Bonchev–Trinajstić information content (AvgIpc) is 2.98. The quantitative estimate of drug-likeness (QED) is 0.729. The highest BCUT2D eigenvalue weighted by molar-refractivity contribution is 9.10. The van der Waals surface area contributed by atoms with E-state index >= 15 is 0 Å². The fourth-order valence-corrected chi connectivity index (χ4v) is 3.47. The van der Waals surface area contributed by atoms with E-state index in [9.17, 15) is 14.4 Å². The summed E-state index contributed by atoms with van der Waals surface area (Å²) < 4.78 is 0.999. The third kappa shape index (κ3) is 3.31. The van der Waals surface area contributed by atoms with Crippen molar-refractivity contribution in [3.8, 4) is 0 Å². The Balaban J connectivity index is 1.67. The van der Waals surface area contributed by atoms with Crippen molar-refractivity contribution in [1.29, 1.82) is 0 Å². The number of aryl methyl sites for hydroxylation is 1. The van der Waals surface area contributed by atoms with Crippen LogP contribution in [0.4, 0.5) is 5.69 Å². The van der Waals surface area contributed by atoms with Gasteiger partial charge in [0.05, 0.1) is 5.92 Å². The normalized spacial score (nSPS) is 21.3. The second-order valence-corrected chi connectivity index (χ2v) is 7.16. The van der Waals surface area contributed by atoms with E-state index in [1.807, 2.05) is 25.1 Å². The molecule has 2 heterocycles. The third-order valence-corrected chi connectivity index (χ3v) is 5.59. The number of hydrogen-bond donors (Lipinski definition) is 0. The lowest BCUT2D eigenvalue weighted by molar-refractivity contribution is -0.139. The minimum atomic E-state index is -0.302. The highest BCUT2D eigenvalue weighted by atomic mass is 79.9. The van der Waals surface area contributed by atoms with Crippen molar-refractivity contribution in [2.45, 2.75) is 13.3 Å². The molecule has 2 saturated heterocycles. The molecule has 0 radical (unpaired) electrons. The number of piperazine rings is 1. The van der Waals surface area contributed by atoms with Crippen molar-refractivity contribution >= 4 is 39.8 Å². The summed E-state index contributed by atoms with van der Waals surface area (Å²) in [5.74, 6) is -0.295. The van der Waals surface area contributed by atoms with Gasteiger partial charge in [-0.15, -0.1) is 0 Å². The van der Waals surface area contributed by atoms with Crippen LogP contribution in [0.1, 0.15) is 12.0 Å². The van der Waals surface area contributed by atoms with Crippen molar-refractivity contribution in [2.24, 2.45) is 5.92 Å². The molecule has 1 aromatic carbocycles. The molecule has 6 nitrogen and oxygen atoms in total. The molecule has 24 heavy (non-hydrogen) atoms. The van der Waals surface area contributed by atoms with Gasteiger partial charge < -0.3 is 14.7 Å². The Kier molecular flexibility index (Phi) is 4.89. The lowest BCUT2D eigenvalue weighted by atomic mass is 10.1. The fourth-order valence-electron chi connectivity index (χ4n) is 3.23. The smallest absolute Gasteiger partial charge is 0.228 e. The van der Waals surface area contributed by atoms with Crippen LogP contribution in [0.15, 0.2) is 22.7 Å². The standard InChI is InChI=1S/C17H20BrN3O3/c1-12-8-14(2-3-15(12)18)21-10-13(9-16(21)23)17(24)20-6-4-19(11-22)5-7-20/h2-3,8,11,13H,4-7,9-10H2,1H3. The fraction of sp³-hybridized carbons (Fsp3) is 0.471. The number of nitrogens with zero attached hydrogens (tertiary/aromatic N) is 3. The maximum Gasteiger partial charge on any atom is 0.228 e. The van der Waals surface area contributed by atoms with Gasteiger partial charge in [0.1, 0.15) is 0 Å². The predicted molar refractivity (Wildman–Crippen MR) is 93.6 cm³/mol. The number of benzene rings is 1. The summed E-state index contributed by atoms with van der Waals surface area (Å²) in [6.07, 6.45) is 1.07. The number of rotatable bonds is 3. The van der Waals surface area contributed by atoms with Crippen LogP contribution in [0.25, 0.3) is 0 Å².